The fourth-order valence-electron chi connectivity index (χ4n) is 12.4. The summed E-state index contributed by atoms with van der Waals surface area (Å²) in [7, 11) is 0. The normalized spacial score (nSPS) is 21.5. The molecule has 13 nitrogen and oxygen atoms in total. The highest BCUT2D eigenvalue weighted by atomic mass is 35.5. The third-order valence-corrected chi connectivity index (χ3v) is 18.2. The molecule has 3 aromatic carbocycles. The molecule has 1 saturated carbocycles. The molecule has 6 aromatic rings. The number of benzene rings is 3. The van der Waals surface area contributed by atoms with Gasteiger partial charge in [-0.15, -0.1) is 11.3 Å². The van der Waals surface area contributed by atoms with Crippen LogP contribution in [0.5, 0.6) is 11.5 Å². The van der Waals surface area contributed by atoms with Crippen molar-refractivity contribution in [2.45, 2.75) is 136 Å². The van der Waals surface area contributed by atoms with Crippen molar-refractivity contribution >= 4 is 62.5 Å². The van der Waals surface area contributed by atoms with E-state index in [2.05, 4.69) is 85.6 Å². The summed E-state index contributed by atoms with van der Waals surface area (Å²) >= 11 is 14.5. The Morgan fingerprint density at radius 2 is 1.55 bits per heavy atom. The van der Waals surface area contributed by atoms with E-state index in [4.69, 9.17) is 47.5 Å². The monoisotopic (exact) mass is 1100 g/mol. The number of piperidine rings is 2. The van der Waals surface area contributed by atoms with E-state index in [1.54, 1.807) is 11.3 Å². The van der Waals surface area contributed by atoms with Gasteiger partial charge < -0.3 is 19.1 Å². The fourth-order valence-corrected chi connectivity index (χ4v) is 13.9. The van der Waals surface area contributed by atoms with E-state index in [1.165, 1.54) is 21.6 Å². The number of likely N-dealkylation sites (tertiary alicyclic amines) is 2. The lowest BCUT2D eigenvalue weighted by atomic mass is 9.86. The van der Waals surface area contributed by atoms with Gasteiger partial charge in [-0.25, -0.2) is 0 Å². The van der Waals surface area contributed by atoms with Crippen molar-refractivity contribution < 1.29 is 28.6 Å². The van der Waals surface area contributed by atoms with Gasteiger partial charge in [-0.1, -0.05) is 55.2 Å². The molecule has 11 rings (SSSR count). The SMILES string of the molecule is Cc1cc(Cl)cc(-c2ccnc3cc(CN4C(=O)C5CC5C4=O)sc23)c1CN1[C@@H](C)CN(Cc2cnn(CCCCOCCCCc3ccc4c(c3)OC3(CCN(C(=O)[C@H](c5ccc(Cl)cc5)C(C)C)CC3)O4)c2)C[C@@H]1C. The molecule has 77 heavy (non-hydrogen) atoms. The van der Waals surface area contributed by atoms with Gasteiger partial charge in [-0.2, -0.15) is 5.10 Å². The van der Waals surface area contributed by atoms with Crippen molar-refractivity contribution in [3.05, 3.63) is 128 Å². The number of piperazine rings is 1. The van der Waals surface area contributed by atoms with Crippen LogP contribution in [-0.2, 0) is 51.7 Å². The number of carbonyl (C=O) groups is 3. The summed E-state index contributed by atoms with van der Waals surface area (Å²) in [6.45, 7) is 18.4. The van der Waals surface area contributed by atoms with Crippen molar-refractivity contribution in [3.8, 4) is 22.6 Å². The predicted molar refractivity (Wildman–Crippen MR) is 302 cm³/mol. The molecule has 3 saturated heterocycles. The third kappa shape index (κ3) is 11.7. The Morgan fingerprint density at radius 1 is 0.818 bits per heavy atom. The van der Waals surface area contributed by atoms with E-state index in [-0.39, 0.29) is 41.4 Å². The second-order valence-corrected chi connectivity index (χ2v) is 24.7. The molecule has 1 spiro atoms. The van der Waals surface area contributed by atoms with Crippen molar-refractivity contribution in [1.29, 1.82) is 0 Å². The average Bonchev–Trinajstić information content (AvgIpc) is 3.59. The molecule has 5 aliphatic rings. The number of ether oxygens (including phenoxy) is 3. The maximum atomic E-state index is 13.7. The zero-order valence-electron chi connectivity index (χ0n) is 45.0. The first kappa shape index (κ1) is 53.6. The van der Waals surface area contributed by atoms with Gasteiger partial charge in [0.2, 0.25) is 17.7 Å². The first-order chi connectivity index (χ1) is 37.2. The van der Waals surface area contributed by atoms with Crippen LogP contribution in [0, 0.1) is 24.7 Å². The Kier molecular flexibility index (Phi) is 15.9. The molecular weight excluding hydrogens is 1030 g/mol. The van der Waals surface area contributed by atoms with Crippen LogP contribution in [0.3, 0.4) is 0 Å². The standard InChI is InChI=1S/C61H71Cl2N7O6S/c1-38(2)56(44-12-14-45(62)15-13-44)60(73)67-22-18-61(19-23-67)75-54-16-11-42(27-55(54)76-61)10-6-8-24-74-25-9-7-21-68-35-43(31-65-68)34-66-32-40(4)69(41(5)33-66)37-52-39(3)26-46(63)28-49(52)48-17-20-64-53-29-47(77-57(48)53)36-70-58(71)50-30-51(50)59(70)72/h11-17,20,26-29,31,35,38,40-41,50-51,56H,6-10,18-19,21-25,30,32-34,36-37H2,1-5H3/t40-,41-,50?,51?,56-/m0/s1. The maximum Gasteiger partial charge on any atom is 0.255 e. The highest BCUT2D eigenvalue weighted by Crippen LogP contribution is 2.49. The van der Waals surface area contributed by atoms with Crippen molar-refractivity contribution in [1.82, 2.24) is 34.4 Å². The number of hydrogen-bond donors (Lipinski definition) is 0. The van der Waals surface area contributed by atoms with Gasteiger partial charge in [0.25, 0.3) is 5.79 Å². The fraction of sp³-hybridized carbons (Fsp3) is 0.492. The summed E-state index contributed by atoms with van der Waals surface area (Å²) in [6.07, 6.45) is 13.0. The van der Waals surface area contributed by atoms with Crippen LogP contribution >= 0.6 is 34.5 Å². The number of nitrogens with zero attached hydrogens (tertiary/aromatic N) is 7. The van der Waals surface area contributed by atoms with Gasteiger partial charge in [0.15, 0.2) is 11.5 Å². The van der Waals surface area contributed by atoms with Crippen LogP contribution in [0.2, 0.25) is 10.0 Å². The van der Waals surface area contributed by atoms with Crippen LogP contribution in [0.1, 0.15) is 111 Å². The zero-order chi connectivity index (χ0) is 53.5. The lowest BCUT2D eigenvalue weighted by molar-refractivity contribution is -0.148. The first-order valence-corrected chi connectivity index (χ1v) is 29.4. The largest absolute Gasteiger partial charge is 0.448 e. The Balaban J connectivity index is 0.588. The number of carbonyl (C=O) groups excluding carboxylic acids is 3. The van der Waals surface area contributed by atoms with Crippen LogP contribution < -0.4 is 9.47 Å². The Morgan fingerprint density at radius 3 is 2.29 bits per heavy atom. The molecule has 5 atom stereocenters. The number of thiophene rings is 1. The number of aryl methyl sites for hydroxylation is 3. The van der Waals surface area contributed by atoms with Crippen molar-refractivity contribution in [3.63, 3.8) is 0 Å². The molecule has 16 heteroatoms. The molecule has 4 aliphatic heterocycles. The van der Waals surface area contributed by atoms with Gasteiger partial charge >= 0.3 is 0 Å². The minimum absolute atomic E-state index is 0.0313. The molecule has 4 fully saturated rings. The molecule has 0 radical (unpaired) electrons. The molecule has 3 amide bonds. The van der Waals surface area contributed by atoms with E-state index in [0.29, 0.717) is 61.0 Å². The first-order valence-electron chi connectivity index (χ1n) is 27.8. The summed E-state index contributed by atoms with van der Waals surface area (Å²) in [4.78, 5) is 53.6. The zero-order valence-corrected chi connectivity index (χ0v) is 47.3. The van der Waals surface area contributed by atoms with E-state index in [1.807, 2.05) is 53.7 Å². The Hall–Kier alpha value is -5.35. The van der Waals surface area contributed by atoms with Crippen LogP contribution in [0.15, 0.2) is 85.3 Å². The summed E-state index contributed by atoms with van der Waals surface area (Å²) in [6, 6.07) is 22.8. The second-order valence-electron chi connectivity index (χ2n) is 22.7. The minimum atomic E-state index is -0.723. The Labute approximate surface area is 466 Å². The molecule has 3 aromatic heterocycles. The molecule has 2 unspecified atom stereocenters. The minimum Gasteiger partial charge on any atom is -0.448 e. The van der Waals surface area contributed by atoms with Gasteiger partial charge in [-0.05, 0) is 142 Å². The Bertz CT molecular complexity index is 3100. The lowest BCUT2D eigenvalue weighted by Gasteiger charge is -2.45. The van der Waals surface area contributed by atoms with Gasteiger partial charge in [-0.3, -0.25) is 38.7 Å². The molecule has 0 bridgehead atoms. The van der Waals surface area contributed by atoms with Crippen LogP contribution in [0.25, 0.3) is 21.3 Å². The van der Waals surface area contributed by atoms with Crippen LogP contribution in [0.4, 0.5) is 0 Å². The van der Waals surface area contributed by atoms with Gasteiger partial charge in [0.1, 0.15) is 0 Å². The lowest BCUT2D eigenvalue weighted by Crippen LogP contribution is -2.55. The molecule has 1 aliphatic carbocycles. The quantitative estimate of drug-likeness (QED) is 0.0539. The molecular formula is C61H71Cl2N7O6S. The topological polar surface area (TPSA) is 123 Å². The smallest absolute Gasteiger partial charge is 0.255 e. The summed E-state index contributed by atoms with van der Waals surface area (Å²) in [5.41, 5.74) is 8.92. The summed E-state index contributed by atoms with van der Waals surface area (Å²) in [5.74, 6) is 0.682. The maximum absolute atomic E-state index is 13.7. The number of hydrogen-bond acceptors (Lipinski definition) is 11. The molecule has 0 N–H and O–H groups in total. The number of fused-ring (bicyclic) bond motifs is 3. The number of aromatic nitrogens is 3. The number of rotatable bonds is 20. The van der Waals surface area contributed by atoms with E-state index < -0.39 is 5.79 Å². The summed E-state index contributed by atoms with van der Waals surface area (Å²) < 4.78 is 22.1. The second kappa shape index (κ2) is 22.8. The van der Waals surface area contributed by atoms with Crippen molar-refractivity contribution in [2.75, 3.05) is 39.4 Å². The van der Waals surface area contributed by atoms with Crippen LogP contribution in [-0.4, -0.2) is 109 Å². The number of halogens is 2. The number of amides is 3. The van der Waals surface area contributed by atoms with E-state index >= 15 is 0 Å². The van der Waals surface area contributed by atoms with E-state index in [0.717, 1.165) is 127 Å². The van der Waals surface area contributed by atoms with Gasteiger partial charge in [0.05, 0.1) is 40.7 Å². The number of imide groups is 1. The highest BCUT2D eigenvalue weighted by molar-refractivity contribution is 7.19. The number of pyridine rings is 1. The average molecular weight is 1100 g/mol. The third-order valence-electron chi connectivity index (χ3n) is 16.6. The highest BCUT2D eigenvalue weighted by Gasteiger charge is 2.58. The number of unbranched alkanes of at least 4 members (excludes halogenated alkanes) is 2. The van der Waals surface area contributed by atoms with Crippen molar-refractivity contribution in [2.24, 2.45) is 17.8 Å². The van der Waals surface area contributed by atoms with E-state index in [9.17, 15) is 14.4 Å². The summed E-state index contributed by atoms with van der Waals surface area (Å²) in [5, 5.41) is 6.10. The molecule has 406 valence electrons. The molecule has 7 heterocycles. The predicted octanol–water partition coefficient (Wildman–Crippen LogP) is 11.7. The van der Waals surface area contributed by atoms with Gasteiger partial charge in [0, 0.05) is 122 Å².